The Bertz CT molecular complexity index is 1510. The largest absolute Gasteiger partial charge is 0.385 e. The Balaban J connectivity index is 1.97. The van der Waals surface area contributed by atoms with E-state index in [-0.39, 0.29) is 11.1 Å². The third-order valence-electron chi connectivity index (χ3n) is 5.28. The Hall–Kier alpha value is -4.66. The van der Waals surface area contributed by atoms with E-state index in [1.165, 1.54) is 6.07 Å². The maximum absolute atomic E-state index is 12.2. The van der Waals surface area contributed by atoms with Crippen LogP contribution >= 0.6 is 0 Å². The highest BCUT2D eigenvalue weighted by Crippen LogP contribution is 2.46. The Morgan fingerprint density at radius 3 is 2.03 bits per heavy atom. The first-order valence-electron chi connectivity index (χ1n) is 9.05. The molecule has 0 N–H and O–H groups in total. The lowest BCUT2D eigenvalue weighted by Crippen LogP contribution is -2.06. The van der Waals surface area contributed by atoms with E-state index in [0.717, 1.165) is 16.8 Å². The zero-order valence-electron chi connectivity index (χ0n) is 15.5. The first-order valence-corrected chi connectivity index (χ1v) is 9.05. The van der Waals surface area contributed by atoms with Crippen LogP contribution in [0.3, 0.4) is 0 Å². The molecule has 1 heterocycles. The minimum absolute atomic E-state index is 0.205. The number of ether oxygens (including phenoxy) is 1. The van der Waals surface area contributed by atoms with Gasteiger partial charge < -0.3 is 4.74 Å². The van der Waals surface area contributed by atoms with Gasteiger partial charge >= 0.3 is 11.9 Å². The fourth-order valence-corrected chi connectivity index (χ4v) is 3.99. The van der Waals surface area contributed by atoms with Crippen LogP contribution in [0, 0.1) is 20.2 Å². The number of fused-ring (bicyclic) bond motifs is 3. The lowest BCUT2D eigenvalue weighted by Gasteiger charge is -2.11. The Morgan fingerprint density at radius 1 is 0.677 bits per heavy atom. The number of rotatable bonds is 3. The quantitative estimate of drug-likeness (QED) is 0.155. The molecule has 4 aromatic rings. The van der Waals surface area contributed by atoms with Crippen molar-refractivity contribution >= 4 is 44.9 Å². The van der Waals surface area contributed by atoms with Gasteiger partial charge in [-0.3, -0.25) is 20.2 Å². The first kappa shape index (κ1) is 18.4. The topological polar surface area (TPSA) is 130 Å². The van der Waals surface area contributed by atoms with Crippen LogP contribution in [0.2, 0.25) is 0 Å². The van der Waals surface area contributed by atoms with E-state index < -0.39 is 44.3 Å². The van der Waals surface area contributed by atoms with Crippen molar-refractivity contribution in [2.75, 3.05) is 0 Å². The number of carbonyl (C=O) groups excluding carboxylic acids is 2. The Labute approximate surface area is 172 Å². The zero-order valence-corrected chi connectivity index (χ0v) is 15.5. The summed E-state index contributed by atoms with van der Waals surface area (Å²) in [6.45, 7) is 0. The summed E-state index contributed by atoms with van der Waals surface area (Å²) in [5, 5.41) is 26.9. The van der Waals surface area contributed by atoms with Crippen molar-refractivity contribution in [1.82, 2.24) is 0 Å². The fraction of sp³-hybridized carbons (Fsp3) is 0. The van der Waals surface area contributed by atoms with Crippen molar-refractivity contribution in [3.63, 3.8) is 0 Å². The highest BCUT2D eigenvalue weighted by molar-refractivity contribution is 6.20. The van der Waals surface area contributed by atoms with Crippen molar-refractivity contribution in [3.8, 4) is 11.1 Å². The molecule has 0 spiro atoms. The normalized spacial score (nSPS) is 12.8. The fourth-order valence-electron chi connectivity index (χ4n) is 3.99. The monoisotopic (exact) mass is 414 g/mol. The van der Waals surface area contributed by atoms with Gasteiger partial charge in [0.05, 0.1) is 15.4 Å². The second-order valence-corrected chi connectivity index (χ2v) is 6.96. The van der Waals surface area contributed by atoms with Crippen LogP contribution in [0.5, 0.6) is 0 Å². The maximum atomic E-state index is 12.2. The predicted octanol–water partition coefficient (Wildman–Crippen LogP) is 4.79. The number of nitro groups is 2. The van der Waals surface area contributed by atoms with Crippen molar-refractivity contribution in [3.05, 3.63) is 92.0 Å². The molecular weight excluding hydrogens is 404 g/mol. The number of hydrogen-bond acceptors (Lipinski definition) is 7. The van der Waals surface area contributed by atoms with Crippen LogP contribution in [0.25, 0.3) is 32.7 Å². The second kappa shape index (κ2) is 6.42. The Kier molecular flexibility index (Phi) is 3.81. The van der Waals surface area contributed by atoms with Crippen molar-refractivity contribution in [1.29, 1.82) is 0 Å². The summed E-state index contributed by atoms with van der Waals surface area (Å²) in [4.78, 5) is 46.3. The number of hydrogen-bond donors (Lipinski definition) is 0. The Morgan fingerprint density at radius 2 is 1.35 bits per heavy atom. The van der Waals surface area contributed by atoms with Gasteiger partial charge in [0, 0.05) is 11.6 Å². The number of nitrogens with zero attached hydrogens (tertiary/aromatic N) is 2. The average Bonchev–Trinajstić information content (AvgIpc) is 3.03. The summed E-state index contributed by atoms with van der Waals surface area (Å²) < 4.78 is 4.49. The standard InChI is InChI=1S/C22H10N2O7/c25-21-16-10-17(23(27)28)18(20(24(29)30)19(16)22(26)31-21)14-7-3-6-13-8-11-4-1-2-5-12(11)9-15(13)14/h1-10H. The van der Waals surface area contributed by atoms with Crippen molar-refractivity contribution < 1.29 is 24.2 Å². The molecule has 0 unspecified atom stereocenters. The molecule has 5 rings (SSSR count). The van der Waals surface area contributed by atoms with E-state index in [1.807, 2.05) is 30.3 Å². The van der Waals surface area contributed by atoms with Crippen LogP contribution in [-0.2, 0) is 4.74 Å². The number of carbonyl (C=O) groups is 2. The summed E-state index contributed by atoms with van der Waals surface area (Å²) >= 11 is 0. The molecule has 31 heavy (non-hydrogen) atoms. The molecule has 0 saturated heterocycles. The lowest BCUT2D eigenvalue weighted by atomic mass is 9.91. The van der Waals surface area contributed by atoms with Crippen molar-refractivity contribution in [2.45, 2.75) is 0 Å². The molecular formula is C22H10N2O7. The van der Waals surface area contributed by atoms with Crippen LogP contribution in [-0.4, -0.2) is 21.8 Å². The third-order valence-corrected chi connectivity index (χ3v) is 5.28. The van der Waals surface area contributed by atoms with E-state index in [9.17, 15) is 29.8 Å². The van der Waals surface area contributed by atoms with E-state index in [2.05, 4.69) is 4.74 Å². The third kappa shape index (κ3) is 2.64. The van der Waals surface area contributed by atoms with Gasteiger partial charge in [0.15, 0.2) is 5.56 Å². The predicted molar refractivity (Wildman–Crippen MR) is 110 cm³/mol. The average molecular weight is 414 g/mol. The van der Waals surface area contributed by atoms with Gasteiger partial charge in [-0.2, -0.15) is 0 Å². The zero-order chi connectivity index (χ0) is 21.9. The number of cyclic esters (lactones) is 2. The smallest absolute Gasteiger partial charge is 0.354 e. The molecule has 9 nitrogen and oxygen atoms in total. The molecule has 1 aliphatic rings. The summed E-state index contributed by atoms with van der Waals surface area (Å²) in [5.41, 5.74) is -2.68. The highest BCUT2D eigenvalue weighted by atomic mass is 16.6. The molecule has 0 fully saturated rings. The summed E-state index contributed by atoms with van der Waals surface area (Å²) in [7, 11) is 0. The second-order valence-electron chi connectivity index (χ2n) is 6.96. The summed E-state index contributed by atoms with van der Waals surface area (Å²) in [6, 6.07) is 16.9. The van der Waals surface area contributed by atoms with Gasteiger partial charge in [0.2, 0.25) is 0 Å². The molecule has 4 aromatic carbocycles. The highest BCUT2D eigenvalue weighted by Gasteiger charge is 2.44. The summed E-state index contributed by atoms with van der Waals surface area (Å²) in [6.07, 6.45) is 0. The number of nitro benzene ring substituents is 2. The van der Waals surface area contributed by atoms with Gasteiger partial charge in [-0.1, -0.05) is 42.5 Å². The van der Waals surface area contributed by atoms with Gasteiger partial charge in [0.1, 0.15) is 5.56 Å². The van der Waals surface area contributed by atoms with Gasteiger partial charge in [0.25, 0.3) is 11.4 Å². The molecule has 0 atom stereocenters. The van der Waals surface area contributed by atoms with Crippen LogP contribution < -0.4 is 0 Å². The minimum Gasteiger partial charge on any atom is -0.385 e. The van der Waals surface area contributed by atoms with Crippen LogP contribution in [0.4, 0.5) is 11.4 Å². The number of benzene rings is 4. The van der Waals surface area contributed by atoms with Crippen LogP contribution in [0.15, 0.2) is 60.7 Å². The van der Waals surface area contributed by atoms with E-state index in [0.29, 0.717) is 10.8 Å². The van der Waals surface area contributed by atoms with Crippen molar-refractivity contribution in [2.24, 2.45) is 0 Å². The maximum Gasteiger partial charge on any atom is 0.354 e. The first-order chi connectivity index (χ1) is 14.9. The molecule has 9 heteroatoms. The molecule has 0 aliphatic carbocycles. The minimum atomic E-state index is -1.20. The van der Waals surface area contributed by atoms with Gasteiger partial charge in [-0.25, -0.2) is 9.59 Å². The summed E-state index contributed by atoms with van der Waals surface area (Å²) in [5.74, 6) is -2.35. The molecule has 0 amide bonds. The van der Waals surface area contributed by atoms with Gasteiger partial charge in [-0.15, -0.1) is 0 Å². The molecule has 1 aliphatic heterocycles. The molecule has 0 aromatic heterocycles. The van der Waals surface area contributed by atoms with Crippen LogP contribution in [0.1, 0.15) is 20.7 Å². The SMILES string of the molecule is O=C1OC(=O)c2c1cc([N+](=O)[O-])c(-c1cccc3cc4ccccc4cc13)c2[N+](=O)[O-]. The molecule has 0 bridgehead atoms. The van der Waals surface area contributed by atoms with E-state index in [4.69, 9.17) is 0 Å². The van der Waals surface area contributed by atoms with E-state index >= 15 is 0 Å². The molecule has 0 saturated carbocycles. The molecule has 150 valence electrons. The lowest BCUT2D eigenvalue weighted by molar-refractivity contribution is -0.392. The van der Waals surface area contributed by atoms with E-state index in [1.54, 1.807) is 18.2 Å². The molecule has 0 radical (unpaired) electrons. The van der Waals surface area contributed by atoms with Gasteiger partial charge in [-0.05, 0) is 33.7 Å². The number of esters is 2.